The van der Waals surface area contributed by atoms with E-state index in [0.29, 0.717) is 36.0 Å². The van der Waals surface area contributed by atoms with E-state index in [4.69, 9.17) is 0 Å². The monoisotopic (exact) mass is 516 g/mol. The van der Waals surface area contributed by atoms with Gasteiger partial charge in [-0.2, -0.15) is 13.2 Å². The maximum atomic E-state index is 13.1. The van der Waals surface area contributed by atoms with E-state index in [-0.39, 0.29) is 23.8 Å². The van der Waals surface area contributed by atoms with Crippen LogP contribution in [-0.4, -0.2) is 49.6 Å². The van der Waals surface area contributed by atoms with E-state index < -0.39 is 29.4 Å². The van der Waals surface area contributed by atoms with Gasteiger partial charge in [0.05, 0.1) is 12.1 Å². The van der Waals surface area contributed by atoms with Gasteiger partial charge in [0.2, 0.25) is 11.6 Å². The second-order valence-electron chi connectivity index (χ2n) is 9.76. The van der Waals surface area contributed by atoms with Crippen LogP contribution in [0.15, 0.2) is 24.3 Å². The van der Waals surface area contributed by atoms with E-state index >= 15 is 0 Å². The molecule has 0 bridgehead atoms. The van der Waals surface area contributed by atoms with Gasteiger partial charge in [-0.1, -0.05) is 31.4 Å². The summed E-state index contributed by atoms with van der Waals surface area (Å²) in [5, 5.41) is 15.6. The van der Waals surface area contributed by atoms with Gasteiger partial charge in [-0.3, -0.25) is 4.79 Å². The van der Waals surface area contributed by atoms with Crippen LogP contribution >= 0.6 is 0 Å². The maximum absolute atomic E-state index is 13.1. The number of aromatic nitrogens is 4. The summed E-state index contributed by atoms with van der Waals surface area (Å²) >= 11 is 0. The molecule has 37 heavy (non-hydrogen) atoms. The number of amides is 1. The molecule has 2 fully saturated rings. The lowest BCUT2D eigenvalue weighted by Gasteiger charge is -2.25. The Hall–Kier alpha value is -3.70. The van der Waals surface area contributed by atoms with Gasteiger partial charge in [0, 0.05) is 13.1 Å². The molecule has 0 radical (unpaired) electrons. The van der Waals surface area contributed by atoms with Gasteiger partial charge in [0.25, 0.3) is 5.91 Å². The number of hydrogen-bond donors (Lipinski definition) is 3. The molecule has 3 aromatic rings. The molecule has 196 valence electrons. The summed E-state index contributed by atoms with van der Waals surface area (Å²) in [5.74, 6) is -1.02. The Balaban J connectivity index is 1.53. The van der Waals surface area contributed by atoms with E-state index in [2.05, 4.69) is 25.6 Å². The van der Waals surface area contributed by atoms with Crippen LogP contribution in [0.1, 0.15) is 70.9 Å². The van der Waals surface area contributed by atoms with E-state index in [9.17, 15) is 27.9 Å². The van der Waals surface area contributed by atoms with Crippen molar-refractivity contribution in [2.45, 2.75) is 51.2 Å². The van der Waals surface area contributed by atoms with Crippen molar-refractivity contribution in [3.8, 4) is 0 Å². The molecule has 0 saturated heterocycles. The molecule has 2 aliphatic rings. The molecule has 9 nitrogen and oxygen atoms in total. The lowest BCUT2D eigenvalue weighted by Crippen LogP contribution is -2.28. The Bertz CT molecular complexity index is 1310. The Kier molecular flexibility index (Phi) is 6.74. The van der Waals surface area contributed by atoms with Crippen molar-refractivity contribution in [1.29, 1.82) is 0 Å². The second-order valence-corrected chi connectivity index (χ2v) is 9.76. The zero-order chi connectivity index (χ0) is 26.2. The highest BCUT2D eigenvalue weighted by Crippen LogP contribution is 2.32. The zero-order valence-corrected chi connectivity index (χ0v) is 20.0. The molecule has 2 aromatic heterocycles. The number of benzene rings is 1. The van der Waals surface area contributed by atoms with Gasteiger partial charge in [0.15, 0.2) is 11.5 Å². The quantitative estimate of drug-likeness (QED) is 0.367. The first-order chi connectivity index (χ1) is 17.7. The molecule has 0 aliphatic heterocycles. The number of carboxylic acids is 1. The van der Waals surface area contributed by atoms with Crippen LogP contribution in [0.5, 0.6) is 0 Å². The maximum Gasteiger partial charge on any atom is 0.416 e. The highest BCUT2D eigenvalue weighted by Gasteiger charge is 2.30. The minimum atomic E-state index is -4.47. The van der Waals surface area contributed by atoms with Crippen LogP contribution < -0.4 is 10.6 Å². The number of alkyl halides is 3. The Morgan fingerprint density at radius 1 is 1.03 bits per heavy atom. The molecule has 12 heteroatoms. The van der Waals surface area contributed by atoms with Crippen molar-refractivity contribution in [1.82, 2.24) is 24.8 Å². The van der Waals surface area contributed by atoms with Gasteiger partial charge in [0.1, 0.15) is 5.52 Å². The summed E-state index contributed by atoms with van der Waals surface area (Å²) in [5.41, 5.74) is 0.0882. The molecule has 1 amide bonds. The van der Waals surface area contributed by atoms with Gasteiger partial charge in [-0.05, 0) is 48.8 Å². The number of nitrogens with zero attached hydrogens (tertiary/aromatic N) is 4. The first-order valence-electron chi connectivity index (χ1n) is 12.4. The molecule has 1 aromatic carbocycles. The number of imidazole rings is 1. The topological polar surface area (TPSA) is 122 Å². The second kappa shape index (κ2) is 9.98. The Morgan fingerprint density at radius 3 is 2.35 bits per heavy atom. The number of nitrogens with one attached hydrogen (secondary N) is 2. The zero-order valence-electron chi connectivity index (χ0n) is 20.0. The third-order valence-electron chi connectivity index (χ3n) is 6.94. The SMILES string of the molecule is O=C(O)c1nc(NCCC2CCC2)c2c(n1)nc(C(=O)NCC1CC1)n2Cc1ccc(C(F)(F)F)cc1. The van der Waals surface area contributed by atoms with Crippen molar-refractivity contribution in [3.63, 3.8) is 0 Å². The number of aromatic carboxylic acids is 1. The fourth-order valence-corrected chi connectivity index (χ4v) is 4.38. The Labute approximate surface area is 210 Å². The average Bonchev–Trinajstić information content (AvgIpc) is 3.59. The summed E-state index contributed by atoms with van der Waals surface area (Å²) in [6, 6.07) is 4.66. The minimum absolute atomic E-state index is 0.00516. The number of halogens is 3. The van der Waals surface area contributed by atoms with Crippen LogP contribution in [0.25, 0.3) is 11.2 Å². The lowest BCUT2D eigenvalue weighted by molar-refractivity contribution is -0.137. The molecule has 2 heterocycles. The van der Waals surface area contributed by atoms with Crippen LogP contribution in [-0.2, 0) is 12.7 Å². The minimum Gasteiger partial charge on any atom is -0.475 e. The third-order valence-corrected chi connectivity index (χ3v) is 6.94. The standard InChI is InChI=1S/C25H27F3N6O3/c26-25(27,28)17-8-6-16(7-9-17)13-34-18-19(29-11-10-14-2-1-3-14)31-21(24(36)37)32-20(18)33-22(34)23(35)30-12-15-4-5-15/h6-9,14-15H,1-5,10-13H2,(H,30,35)(H,36,37)(H,29,31,32). The van der Waals surface area contributed by atoms with E-state index in [1.807, 2.05) is 0 Å². The lowest BCUT2D eigenvalue weighted by atomic mass is 9.83. The van der Waals surface area contributed by atoms with Crippen LogP contribution in [0, 0.1) is 11.8 Å². The van der Waals surface area contributed by atoms with Gasteiger partial charge < -0.3 is 20.3 Å². The van der Waals surface area contributed by atoms with Crippen LogP contribution in [0.2, 0.25) is 0 Å². The van der Waals surface area contributed by atoms with Gasteiger partial charge >= 0.3 is 12.1 Å². The van der Waals surface area contributed by atoms with Crippen molar-refractivity contribution < 1.29 is 27.9 Å². The molecule has 0 atom stereocenters. The summed E-state index contributed by atoms with van der Waals surface area (Å²) in [6.45, 7) is 1.05. The first kappa shape index (κ1) is 25.0. The number of carbonyl (C=O) groups excluding carboxylic acids is 1. The smallest absolute Gasteiger partial charge is 0.416 e. The fourth-order valence-electron chi connectivity index (χ4n) is 4.38. The Morgan fingerprint density at radius 2 is 1.76 bits per heavy atom. The highest BCUT2D eigenvalue weighted by atomic mass is 19.4. The summed E-state index contributed by atoms with van der Waals surface area (Å²) in [4.78, 5) is 37.4. The predicted molar refractivity (Wildman–Crippen MR) is 128 cm³/mol. The summed E-state index contributed by atoms with van der Waals surface area (Å²) in [7, 11) is 0. The molecular formula is C25H27F3N6O3. The van der Waals surface area contributed by atoms with Crippen molar-refractivity contribution >= 4 is 28.9 Å². The van der Waals surface area contributed by atoms with Crippen LogP contribution in [0.4, 0.5) is 19.0 Å². The number of rotatable bonds is 10. The summed E-state index contributed by atoms with van der Waals surface area (Å²) < 4.78 is 40.7. The van der Waals surface area contributed by atoms with Gasteiger partial charge in [-0.25, -0.2) is 19.7 Å². The molecular weight excluding hydrogens is 489 g/mol. The van der Waals surface area contributed by atoms with E-state index in [1.54, 1.807) is 0 Å². The molecule has 2 aliphatic carbocycles. The van der Waals surface area contributed by atoms with Crippen molar-refractivity contribution in [2.24, 2.45) is 11.8 Å². The number of carboxylic acid groups (broad SMARTS) is 1. The van der Waals surface area contributed by atoms with Gasteiger partial charge in [-0.15, -0.1) is 0 Å². The first-order valence-corrected chi connectivity index (χ1v) is 12.4. The number of carbonyl (C=O) groups is 2. The molecule has 3 N–H and O–H groups in total. The van der Waals surface area contributed by atoms with Crippen LogP contribution in [0.3, 0.4) is 0 Å². The third kappa shape index (κ3) is 5.67. The molecule has 2 saturated carbocycles. The van der Waals surface area contributed by atoms with E-state index in [0.717, 1.165) is 44.2 Å². The number of hydrogen-bond acceptors (Lipinski definition) is 6. The average molecular weight is 517 g/mol. The summed E-state index contributed by atoms with van der Waals surface area (Å²) in [6.07, 6.45) is 1.99. The van der Waals surface area contributed by atoms with E-state index in [1.165, 1.54) is 23.1 Å². The number of anilines is 1. The largest absolute Gasteiger partial charge is 0.475 e. The normalized spacial score (nSPS) is 16.0. The predicted octanol–water partition coefficient (Wildman–Crippen LogP) is 4.33. The fraction of sp³-hybridized carbons (Fsp3) is 0.480. The molecule has 0 spiro atoms. The van der Waals surface area contributed by atoms with Crippen molar-refractivity contribution in [3.05, 3.63) is 47.0 Å². The number of fused-ring (bicyclic) bond motifs is 1. The molecule has 5 rings (SSSR count). The van der Waals surface area contributed by atoms with Crippen molar-refractivity contribution in [2.75, 3.05) is 18.4 Å². The molecule has 0 unspecified atom stereocenters. The highest BCUT2D eigenvalue weighted by molar-refractivity contribution is 5.97.